The number of halogens is 2. The third-order valence-electron chi connectivity index (χ3n) is 4.75. The number of nitrogens with zero attached hydrogens (tertiary/aromatic N) is 1. The van der Waals surface area contributed by atoms with Crippen LogP contribution in [-0.4, -0.2) is 38.1 Å². The van der Waals surface area contributed by atoms with Gasteiger partial charge in [-0.3, -0.25) is 4.79 Å². The molecule has 2 aromatic carbocycles. The van der Waals surface area contributed by atoms with Crippen molar-refractivity contribution >= 4 is 44.7 Å². The third-order valence-corrected chi connectivity index (χ3v) is 7.27. The van der Waals surface area contributed by atoms with Crippen LogP contribution in [0.1, 0.15) is 36.0 Å². The van der Waals surface area contributed by atoms with Gasteiger partial charge in [0.05, 0.1) is 27.2 Å². The maximum absolute atomic E-state index is 12.9. The van der Waals surface area contributed by atoms with Gasteiger partial charge in [-0.25, -0.2) is 8.42 Å². The fourth-order valence-electron chi connectivity index (χ4n) is 3.20. The lowest BCUT2D eigenvalue weighted by atomic mass is 10.1. The third kappa shape index (κ3) is 4.87. The highest BCUT2D eigenvalue weighted by Crippen LogP contribution is 2.29. The molecule has 0 amide bonds. The van der Waals surface area contributed by atoms with Crippen LogP contribution in [0.4, 0.5) is 5.69 Å². The molecule has 0 aromatic heterocycles. The van der Waals surface area contributed by atoms with Crippen LogP contribution in [0.2, 0.25) is 10.0 Å². The van der Waals surface area contributed by atoms with Gasteiger partial charge in [-0.2, -0.15) is 4.31 Å². The first-order valence-electron chi connectivity index (χ1n) is 9.21. The second kappa shape index (κ2) is 9.27. The van der Waals surface area contributed by atoms with Gasteiger partial charge in [0.25, 0.3) is 0 Å². The Morgan fingerprint density at radius 1 is 0.964 bits per heavy atom. The van der Waals surface area contributed by atoms with E-state index in [2.05, 4.69) is 5.32 Å². The van der Waals surface area contributed by atoms with Gasteiger partial charge in [0.15, 0.2) is 5.78 Å². The average molecular weight is 441 g/mol. The molecule has 0 unspecified atom stereocenters. The van der Waals surface area contributed by atoms with Crippen LogP contribution in [-0.2, 0) is 10.0 Å². The summed E-state index contributed by atoms with van der Waals surface area (Å²) in [7, 11) is -3.60. The van der Waals surface area contributed by atoms with Crippen molar-refractivity contribution in [2.24, 2.45) is 0 Å². The van der Waals surface area contributed by atoms with Gasteiger partial charge >= 0.3 is 0 Å². The molecule has 0 bridgehead atoms. The Hall–Kier alpha value is -1.60. The quantitative estimate of drug-likeness (QED) is 0.651. The minimum atomic E-state index is -3.60. The number of hydrogen-bond donors (Lipinski definition) is 1. The molecule has 0 saturated carbocycles. The highest BCUT2D eigenvalue weighted by atomic mass is 35.5. The molecule has 1 saturated heterocycles. The van der Waals surface area contributed by atoms with Crippen molar-refractivity contribution in [1.82, 2.24) is 4.31 Å². The minimum absolute atomic E-state index is 0.0450. The van der Waals surface area contributed by atoms with E-state index in [4.69, 9.17) is 23.2 Å². The first-order chi connectivity index (χ1) is 13.4. The van der Waals surface area contributed by atoms with E-state index in [9.17, 15) is 13.2 Å². The zero-order valence-electron chi connectivity index (χ0n) is 15.3. The summed E-state index contributed by atoms with van der Waals surface area (Å²) >= 11 is 12.2. The molecular formula is C20H22Cl2N2O3S. The fraction of sp³-hybridized carbons (Fsp3) is 0.350. The Morgan fingerprint density at radius 3 is 2.21 bits per heavy atom. The Morgan fingerprint density at radius 2 is 1.57 bits per heavy atom. The number of anilines is 1. The molecule has 3 rings (SSSR count). The van der Waals surface area contributed by atoms with Gasteiger partial charge in [-0.15, -0.1) is 0 Å². The molecule has 28 heavy (non-hydrogen) atoms. The summed E-state index contributed by atoms with van der Waals surface area (Å²) in [6.07, 6.45) is 3.81. The topological polar surface area (TPSA) is 66.5 Å². The summed E-state index contributed by atoms with van der Waals surface area (Å²) in [6.45, 7) is 0.997. The zero-order chi connectivity index (χ0) is 20.1. The smallest absolute Gasteiger partial charge is 0.243 e. The number of sulfonamides is 1. The molecule has 1 fully saturated rings. The average Bonchev–Trinajstić information content (AvgIpc) is 2.97. The molecule has 8 heteroatoms. The predicted octanol–water partition coefficient (Wildman–Crippen LogP) is 4.85. The van der Waals surface area contributed by atoms with Crippen LogP contribution in [0.3, 0.4) is 0 Å². The molecule has 1 N–H and O–H groups in total. The van der Waals surface area contributed by atoms with Crippen molar-refractivity contribution in [3.05, 3.63) is 58.1 Å². The monoisotopic (exact) mass is 440 g/mol. The minimum Gasteiger partial charge on any atom is -0.375 e. The zero-order valence-corrected chi connectivity index (χ0v) is 17.7. The van der Waals surface area contributed by atoms with E-state index in [1.165, 1.54) is 16.4 Å². The lowest BCUT2D eigenvalue weighted by Gasteiger charge is -2.20. The number of hydrogen-bond acceptors (Lipinski definition) is 4. The molecule has 1 aliphatic heterocycles. The molecule has 0 atom stereocenters. The molecule has 0 aliphatic carbocycles. The summed E-state index contributed by atoms with van der Waals surface area (Å²) < 4.78 is 27.4. The van der Waals surface area contributed by atoms with Crippen LogP contribution in [0.15, 0.2) is 47.4 Å². The molecule has 5 nitrogen and oxygen atoms in total. The molecule has 1 aliphatic rings. The van der Waals surface area contributed by atoms with E-state index in [0.717, 1.165) is 25.7 Å². The second-order valence-electron chi connectivity index (χ2n) is 6.72. The number of nitrogens with one attached hydrogen (secondary N) is 1. The molecule has 2 aromatic rings. The van der Waals surface area contributed by atoms with Crippen LogP contribution in [0.5, 0.6) is 0 Å². The Labute approximate surface area is 175 Å². The van der Waals surface area contributed by atoms with Crippen molar-refractivity contribution in [2.75, 3.05) is 25.0 Å². The molecular weight excluding hydrogens is 419 g/mol. The van der Waals surface area contributed by atoms with Crippen molar-refractivity contribution in [3.8, 4) is 0 Å². The van der Waals surface area contributed by atoms with Crippen LogP contribution in [0, 0.1) is 0 Å². The van der Waals surface area contributed by atoms with Crippen molar-refractivity contribution in [3.63, 3.8) is 0 Å². The van der Waals surface area contributed by atoms with E-state index >= 15 is 0 Å². The van der Waals surface area contributed by atoms with Gasteiger partial charge in [0.2, 0.25) is 10.0 Å². The van der Waals surface area contributed by atoms with Crippen molar-refractivity contribution in [2.45, 2.75) is 30.6 Å². The number of carbonyl (C=O) groups is 1. The maximum Gasteiger partial charge on any atom is 0.243 e. The van der Waals surface area contributed by atoms with Gasteiger partial charge < -0.3 is 5.32 Å². The normalized spacial score (nSPS) is 15.8. The first-order valence-corrected chi connectivity index (χ1v) is 11.4. The van der Waals surface area contributed by atoms with E-state index in [1.54, 1.807) is 30.3 Å². The summed E-state index contributed by atoms with van der Waals surface area (Å²) in [5.41, 5.74) is 0.805. The number of Topliss-reactive ketones (excluding diaryl/α,β-unsaturated/α-hetero) is 1. The van der Waals surface area contributed by atoms with E-state index < -0.39 is 10.0 Å². The Bertz CT molecular complexity index is 935. The number of rotatable bonds is 6. The SMILES string of the molecule is O=C(CNc1c(Cl)cccc1Cl)c1cccc(S(=O)(=O)N2CCCCCC2)c1. The Kier molecular flexibility index (Phi) is 6.99. The summed E-state index contributed by atoms with van der Waals surface area (Å²) in [5.74, 6) is -0.246. The molecule has 0 spiro atoms. The largest absolute Gasteiger partial charge is 0.375 e. The fourth-order valence-corrected chi connectivity index (χ4v) is 5.29. The maximum atomic E-state index is 12.9. The lowest BCUT2D eigenvalue weighted by Crippen LogP contribution is -2.32. The van der Waals surface area contributed by atoms with Gasteiger partial charge in [0.1, 0.15) is 0 Å². The second-order valence-corrected chi connectivity index (χ2v) is 9.47. The summed E-state index contributed by atoms with van der Waals surface area (Å²) in [6, 6.07) is 11.3. The standard InChI is InChI=1S/C20H22Cl2N2O3S/c21-17-9-6-10-18(22)20(17)23-14-19(25)15-7-5-8-16(13-15)28(26,27)24-11-3-1-2-4-12-24/h5-10,13,23H,1-4,11-12,14H2. The van der Waals surface area contributed by atoms with Gasteiger partial charge in [0, 0.05) is 18.7 Å². The van der Waals surface area contributed by atoms with Gasteiger partial charge in [-0.05, 0) is 37.1 Å². The van der Waals surface area contributed by atoms with Crippen molar-refractivity contribution < 1.29 is 13.2 Å². The number of benzene rings is 2. The van der Waals surface area contributed by atoms with Crippen molar-refractivity contribution in [1.29, 1.82) is 0 Å². The van der Waals surface area contributed by atoms with Crippen LogP contribution < -0.4 is 5.32 Å². The number of ketones is 1. The first kappa shape index (κ1) is 21.1. The number of carbonyl (C=O) groups excluding carboxylic acids is 1. The van der Waals surface area contributed by atoms with Crippen LogP contribution >= 0.6 is 23.2 Å². The van der Waals surface area contributed by atoms with E-state index in [-0.39, 0.29) is 17.2 Å². The number of para-hydroxylation sites is 1. The van der Waals surface area contributed by atoms with Gasteiger partial charge in [-0.1, -0.05) is 54.2 Å². The molecule has 150 valence electrons. The Balaban J connectivity index is 1.76. The van der Waals surface area contributed by atoms with E-state index in [1.807, 2.05) is 0 Å². The summed E-state index contributed by atoms with van der Waals surface area (Å²) in [5, 5.41) is 3.77. The lowest BCUT2D eigenvalue weighted by molar-refractivity contribution is 0.101. The predicted molar refractivity (Wildman–Crippen MR) is 113 cm³/mol. The van der Waals surface area contributed by atoms with Crippen LogP contribution in [0.25, 0.3) is 0 Å². The van der Waals surface area contributed by atoms with E-state index in [0.29, 0.717) is 34.4 Å². The highest BCUT2D eigenvalue weighted by Gasteiger charge is 2.25. The molecule has 0 radical (unpaired) electrons. The highest BCUT2D eigenvalue weighted by molar-refractivity contribution is 7.89. The summed E-state index contributed by atoms with van der Waals surface area (Å²) in [4.78, 5) is 12.7. The molecule has 1 heterocycles.